The molecule has 0 radical (unpaired) electrons. The monoisotopic (exact) mass is 379 g/mol. The lowest BCUT2D eigenvalue weighted by Gasteiger charge is -2.17. The van der Waals surface area contributed by atoms with Crippen LogP contribution in [0.25, 0.3) is 0 Å². The fourth-order valence-corrected chi connectivity index (χ4v) is 3.83. The third kappa shape index (κ3) is 4.71. The minimum absolute atomic E-state index is 0.0244. The summed E-state index contributed by atoms with van der Waals surface area (Å²) in [7, 11) is 0. The number of carbonyl (C=O) groups is 2. The van der Waals surface area contributed by atoms with E-state index in [-0.39, 0.29) is 11.9 Å². The van der Waals surface area contributed by atoms with Gasteiger partial charge in [0.25, 0.3) is 0 Å². The Morgan fingerprint density at radius 1 is 1.04 bits per heavy atom. The number of nitrogens with one attached hydrogen (secondary N) is 1. The van der Waals surface area contributed by atoms with Gasteiger partial charge in [0, 0.05) is 18.5 Å². The summed E-state index contributed by atoms with van der Waals surface area (Å²) in [5, 5.41) is 2.83. The first-order valence-electron chi connectivity index (χ1n) is 10.0. The number of amides is 1. The number of fused-ring (bicyclic) bond motifs is 1. The van der Waals surface area contributed by atoms with Gasteiger partial charge < -0.3 is 14.8 Å². The predicted octanol–water partition coefficient (Wildman–Crippen LogP) is 4.43. The number of anilines is 1. The van der Waals surface area contributed by atoms with Gasteiger partial charge in [0.05, 0.1) is 6.10 Å². The summed E-state index contributed by atoms with van der Waals surface area (Å²) in [5.41, 5.74) is 2.87. The van der Waals surface area contributed by atoms with Crippen LogP contribution in [0.15, 0.2) is 42.5 Å². The van der Waals surface area contributed by atoms with Crippen molar-refractivity contribution in [1.82, 2.24) is 0 Å². The van der Waals surface area contributed by atoms with Crippen LogP contribution in [-0.2, 0) is 22.4 Å². The molecule has 0 bridgehead atoms. The molecule has 4 rings (SSSR count). The molecule has 1 fully saturated rings. The Kier molecular flexibility index (Phi) is 5.60. The molecule has 0 aromatic heterocycles. The molecule has 0 saturated heterocycles. The van der Waals surface area contributed by atoms with E-state index in [0.717, 1.165) is 35.4 Å². The van der Waals surface area contributed by atoms with E-state index in [1.54, 1.807) is 12.1 Å². The smallest absolute Gasteiger partial charge is 0.311 e. The molecule has 1 N–H and O–H groups in total. The van der Waals surface area contributed by atoms with Crippen LogP contribution in [0.2, 0.25) is 0 Å². The van der Waals surface area contributed by atoms with Crippen LogP contribution in [0.1, 0.15) is 49.7 Å². The quantitative estimate of drug-likeness (QED) is 0.596. The Bertz CT molecular complexity index is 871. The highest BCUT2D eigenvalue weighted by molar-refractivity contribution is 5.94. The molecule has 2 aliphatic rings. The van der Waals surface area contributed by atoms with Crippen molar-refractivity contribution < 1.29 is 19.1 Å². The second-order valence-electron chi connectivity index (χ2n) is 7.51. The summed E-state index contributed by atoms with van der Waals surface area (Å²) in [6.45, 7) is 0. The van der Waals surface area contributed by atoms with Crippen LogP contribution < -0.4 is 14.8 Å². The summed E-state index contributed by atoms with van der Waals surface area (Å²) >= 11 is 0. The summed E-state index contributed by atoms with van der Waals surface area (Å²) in [5.74, 6) is 1.17. The number of carbonyl (C=O) groups excluding carboxylic acids is 2. The Hall–Kier alpha value is -2.82. The molecule has 5 heteroatoms. The normalized spacial score (nSPS) is 16.4. The molecule has 1 amide bonds. The van der Waals surface area contributed by atoms with E-state index in [1.807, 2.05) is 30.3 Å². The molecule has 28 heavy (non-hydrogen) atoms. The molecular formula is C23H25NO4. The van der Waals surface area contributed by atoms with Crippen molar-refractivity contribution in [1.29, 1.82) is 0 Å². The Morgan fingerprint density at radius 3 is 2.75 bits per heavy atom. The largest absolute Gasteiger partial charge is 0.490 e. The lowest BCUT2D eigenvalue weighted by Crippen LogP contribution is -2.19. The van der Waals surface area contributed by atoms with Crippen molar-refractivity contribution in [3.63, 3.8) is 0 Å². The van der Waals surface area contributed by atoms with Crippen LogP contribution in [0.3, 0.4) is 0 Å². The van der Waals surface area contributed by atoms with Gasteiger partial charge in [-0.1, -0.05) is 12.1 Å². The van der Waals surface area contributed by atoms with E-state index in [9.17, 15) is 9.59 Å². The molecule has 1 aliphatic carbocycles. The minimum Gasteiger partial charge on any atom is -0.490 e. The maximum atomic E-state index is 12.2. The Labute approximate surface area is 165 Å². The number of hydrogen-bond acceptors (Lipinski definition) is 4. The maximum Gasteiger partial charge on any atom is 0.311 e. The maximum absolute atomic E-state index is 12.2. The zero-order valence-corrected chi connectivity index (χ0v) is 15.9. The lowest BCUT2D eigenvalue weighted by molar-refractivity contribution is -0.134. The summed E-state index contributed by atoms with van der Waals surface area (Å²) in [6, 6.07) is 13.3. The van der Waals surface area contributed by atoms with Crippen LogP contribution >= 0.6 is 0 Å². The highest BCUT2D eigenvalue weighted by Crippen LogP contribution is 2.27. The molecule has 1 heterocycles. The van der Waals surface area contributed by atoms with Crippen molar-refractivity contribution in [2.45, 2.75) is 57.5 Å². The SMILES string of the molecule is O=C1CCc2cc(OC(=O)CCc3cccc(OC4CCCC4)c3)ccc2N1. The number of benzene rings is 2. The van der Waals surface area contributed by atoms with Gasteiger partial charge in [0.1, 0.15) is 11.5 Å². The topological polar surface area (TPSA) is 64.6 Å². The number of ether oxygens (including phenoxy) is 2. The molecule has 146 valence electrons. The van der Waals surface area contributed by atoms with Gasteiger partial charge in [0.2, 0.25) is 5.91 Å². The van der Waals surface area contributed by atoms with Gasteiger partial charge in [-0.3, -0.25) is 9.59 Å². The second kappa shape index (κ2) is 8.46. The zero-order chi connectivity index (χ0) is 19.3. The van der Waals surface area contributed by atoms with Crippen molar-refractivity contribution in [2.24, 2.45) is 0 Å². The third-order valence-electron chi connectivity index (χ3n) is 5.33. The summed E-state index contributed by atoms with van der Waals surface area (Å²) < 4.78 is 11.5. The van der Waals surface area contributed by atoms with E-state index < -0.39 is 0 Å². The number of hydrogen-bond donors (Lipinski definition) is 1. The van der Waals surface area contributed by atoms with Crippen molar-refractivity contribution >= 4 is 17.6 Å². The lowest BCUT2D eigenvalue weighted by atomic mass is 10.0. The first-order chi connectivity index (χ1) is 13.7. The van der Waals surface area contributed by atoms with E-state index in [2.05, 4.69) is 5.32 Å². The van der Waals surface area contributed by atoms with Crippen molar-refractivity contribution in [2.75, 3.05) is 5.32 Å². The van der Waals surface area contributed by atoms with Crippen LogP contribution in [-0.4, -0.2) is 18.0 Å². The summed E-state index contributed by atoms with van der Waals surface area (Å²) in [4.78, 5) is 23.7. The van der Waals surface area contributed by atoms with E-state index in [0.29, 0.717) is 37.5 Å². The number of aryl methyl sites for hydroxylation is 2. The molecule has 2 aromatic rings. The van der Waals surface area contributed by atoms with Gasteiger partial charge in [0.15, 0.2) is 0 Å². The average molecular weight is 379 g/mol. The second-order valence-corrected chi connectivity index (χ2v) is 7.51. The fourth-order valence-electron chi connectivity index (χ4n) is 3.83. The van der Waals surface area contributed by atoms with Gasteiger partial charge in [-0.2, -0.15) is 0 Å². The van der Waals surface area contributed by atoms with E-state index >= 15 is 0 Å². The highest BCUT2D eigenvalue weighted by atomic mass is 16.5. The van der Waals surface area contributed by atoms with Gasteiger partial charge in [-0.25, -0.2) is 0 Å². The number of esters is 1. The molecule has 2 aromatic carbocycles. The van der Waals surface area contributed by atoms with Crippen LogP contribution in [0.4, 0.5) is 5.69 Å². The molecule has 1 aliphatic heterocycles. The van der Waals surface area contributed by atoms with Crippen molar-refractivity contribution in [3.05, 3.63) is 53.6 Å². The van der Waals surface area contributed by atoms with Crippen molar-refractivity contribution in [3.8, 4) is 11.5 Å². The number of rotatable bonds is 6. The van der Waals surface area contributed by atoms with Crippen LogP contribution in [0.5, 0.6) is 11.5 Å². The van der Waals surface area contributed by atoms with Gasteiger partial charge in [-0.15, -0.1) is 0 Å². The molecule has 5 nitrogen and oxygen atoms in total. The predicted molar refractivity (Wildman–Crippen MR) is 107 cm³/mol. The third-order valence-corrected chi connectivity index (χ3v) is 5.33. The Balaban J connectivity index is 1.30. The fraction of sp³-hybridized carbons (Fsp3) is 0.391. The summed E-state index contributed by atoms with van der Waals surface area (Å²) in [6.07, 6.45) is 7.11. The first-order valence-corrected chi connectivity index (χ1v) is 10.0. The van der Waals surface area contributed by atoms with Gasteiger partial charge >= 0.3 is 5.97 Å². The van der Waals surface area contributed by atoms with E-state index in [4.69, 9.17) is 9.47 Å². The van der Waals surface area contributed by atoms with E-state index in [1.165, 1.54) is 12.8 Å². The average Bonchev–Trinajstić information content (AvgIpc) is 3.20. The first kappa shape index (κ1) is 18.5. The molecular weight excluding hydrogens is 354 g/mol. The molecule has 0 spiro atoms. The van der Waals surface area contributed by atoms with Gasteiger partial charge in [-0.05, 0) is 80.0 Å². The Morgan fingerprint density at radius 2 is 1.89 bits per heavy atom. The molecule has 0 unspecified atom stereocenters. The van der Waals surface area contributed by atoms with Crippen LogP contribution in [0, 0.1) is 0 Å². The molecule has 0 atom stereocenters. The highest BCUT2D eigenvalue weighted by Gasteiger charge is 2.17. The molecule has 1 saturated carbocycles. The standard InChI is InChI=1S/C23H25NO4/c25-22-12-9-17-15-20(10-11-21(17)24-22)28-23(26)13-8-16-4-3-7-19(14-16)27-18-5-1-2-6-18/h3-4,7,10-11,14-15,18H,1-2,5-6,8-9,12-13H2,(H,24,25). The minimum atomic E-state index is -0.262. The zero-order valence-electron chi connectivity index (χ0n) is 15.9.